The first kappa shape index (κ1) is 26.1. The molecule has 2 aromatic carbocycles. The highest BCUT2D eigenvalue weighted by Gasteiger charge is 2.47. The average Bonchev–Trinajstić information content (AvgIpc) is 3.30. The van der Waals surface area contributed by atoms with Crippen molar-refractivity contribution in [3.63, 3.8) is 0 Å². The highest BCUT2D eigenvalue weighted by molar-refractivity contribution is 8.01. The Morgan fingerprint density at radius 3 is 2.65 bits per heavy atom. The van der Waals surface area contributed by atoms with Gasteiger partial charge in [0.25, 0.3) is 0 Å². The van der Waals surface area contributed by atoms with Crippen molar-refractivity contribution < 1.29 is 23.9 Å². The van der Waals surface area contributed by atoms with Crippen LogP contribution in [0.5, 0.6) is 11.5 Å². The van der Waals surface area contributed by atoms with Gasteiger partial charge in [0, 0.05) is 32.0 Å². The summed E-state index contributed by atoms with van der Waals surface area (Å²) in [5.41, 5.74) is 3.12. The molecule has 1 saturated heterocycles. The first-order valence-corrected chi connectivity index (χ1v) is 14.0. The summed E-state index contributed by atoms with van der Waals surface area (Å²) in [6.45, 7) is 3.25. The number of methoxy groups -OCH3 is 1. The van der Waals surface area contributed by atoms with Gasteiger partial charge in [-0.05, 0) is 48.9 Å². The molecule has 1 aromatic heterocycles. The van der Waals surface area contributed by atoms with E-state index in [0.29, 0.717) is 37.6 Å². The minimum Gasteiger partial charge on any atom is -0.457 e. The molecule has 1 fully saturated rings. The van der Waals surface area contributed by atoms with Crippen LogP contribution in [0.4, 0.5) is 16.2 Å². The Kier molecular flexibility index (Phi) is 7.07. The molecular weight excluding hydrogens is 530 g/mol. The Bertz CT molecular complexity index is 1460. The quantitative estimate of drug-likeness (QED) is 0.430. The first-order valence-electron chi connectivity index (χ1n) is 13.1. The molecular formula is C29H29N5O5S. The summed E-state index contributed by atoms with van der Waals surface area (Å²) >= 11 is 1.35. The van der Waals surface area contributed by atoms with Crippen molar-refractivity contribution in [1.82, 2.24) is 20.5 Å². The van der Waals surface area contributed by atoms with Gasteiger partial charge in [-0.15, -0.1) is 0 Å². The second kappa shape index (κ2) is 10.8. The van der Waals surface area contributed by atoms with E-state index in [1.807, 2.05) is 61.5 Å². The third-order valence-electron chi connectivity index (χ3n) is 7.25. The number of nitrogens with zero attached hydrogens (tertiary/aromatic N) is 3. The standard InChI is InChI=1S/C29H29N5O5S/c1-17-14-20(39-19-6-4-3-5-7-19)8-9-21(17)34-22-10-12-30-28-24(22)25(32-29(34)37)26(40-28)27(36)31-18-15-33(16-18)23(35)11-13-38-2/h3-10,12,14,18,25-26H,11,13,15-16H2,1-2H3,(H,31,36)(H,32,37). The van der Waals surface area contributed by atoms with E-state index in [1.54, 1.807) is 23.1 Å². The predicted octanol–water partition coefficient (Wildman–Crippen LogP) is 3.92. The normalized spacial score (nSPS) is 19.5. The van der Waals surface area contributed by atoms with Crippen LogP contribution in [0.1, 0.15) is 23.6 Å². The Labute approximate surface area is 236 Å². The number of likely N-dealkylation sites (tertiary alicyclic amines) is 1. The zero-order valence-electron chi connectivity index (χ0n) is 22.1. The highest BCUT2D eigenvalue weighted by atomic mass is 32.2. The van der Waals surface area contributed by atoms with Crippen LogP contribution in [0.25, 0.3) is 0 Å². The lowest BCUT2D eigenvalue weighted by Crippen LogP contribution is -2.62. The van der Waals surface area contributed by atoms with Gasteiger partial charge in [-0.25, -0.2) is 9.78 Å². The molecule has 0 spiro atoms. The van der Waals surface area contributed by atoms with Gasteiger partial charge in [0.15, 0.2) is 0 Å². The summed E-state index contributed by atoms with van der Waals surface area (Å²) in [5, 5.41) is 6.26. The van der Waals surface area contributed by atoms with E-state index in [-0.39, 0.29) is 23.9 Å². The number of anilines is 2. The topological polar surface area (TPSA) is 113 Å². The fraction of sp³-hybridized carbons (Fsp3) is 0.310. The number of carbonyl (C=O) groups excluding carboxylic acids is 3. The van der Waals surface area contributed by atoms with Crippen LogP contribution in [0.3, 0.4) is 0 Å². The van der Waals surface area contributed by atoms with E-state index in [1.165, 1.54) is 11.8 Å². The van der Waals surface area contributed by atoms with E-state index < -0.39 is 11.3 Å². The summed E-state index contributed by atoms with van der Waals surface area (Å²) in [4.78, 5) is 46.8. The van der Waals surface area contributed by atoms with Crippen LogP contribution in [0.15, 0.2) is 65.8 Å². The lowest BCUT2D eigenvalue weighted by molar-refractivity contribution is -0.138. The van der Waals surface area contributed by atoms with Gasteiger partial charge >= 0.3 is 6.03 Å². The minimum absolute atomic E-state index is 0.0124. The maximum absolute atomic E-state index is 13.5. The van der Waals surface area contributed by atoms with Gasteiger partial charge < -0.3 is 25.0 Å². The van der Waals surface area contributed by atoms with Gasteiger partial charge in [0.05, 0.1) is 36.5 Å². The van der Waals surface area contributed by atoms with Gasteiger partial charge in [-0.2, -0.15) is 0 Å². The molecule has 4 amide bonds. The average molecular weight is 560 g/mol. The largest absolute Gasteiger partial charge is 0.457 e. The van der Waals surface area contributed by atoms with Crippen molar-refractivity contribution in [2.75, 3.05) is 31.7 Å². The number of amides is 4. The number of pyridine rings is 1. The van der Waals surface area contributed by atoms with E-state index in [9.17, 15) is 14.4 Å². The third-order valence-corrected chi connectivity index (χ3v) is 8.54. The number of para-hydroxylation sites is 1. The van der Waals surface area contributed by atoms with Gasteiger partial charge in [0.2, 0.25) is 11.8 Å². The molecule has 0 radical (unpaired) electrons. The zero-order chi connectivity index (χ0) is 27.8. The molecule has 10 nitrogen and oxygen atoms in total. The summed E-state index contributed by atoms with van der Waals surface area (Å²) in [6.07, 6.45) is 1.99. The summed E-state index contributed by atoms with van der Waals surface area (Å²) in [7, 11) is 1.56. The minimum atomic E-state index is -0.560. The van der Waals surface area contributed by atoms with E-state index in [4.69, 9.17) is 9.47 Å². The Morgan fingerprint density at radius 1 is 1.10 bits per heavy atom. The SMILES string of the molecule is COCCC(=O)N1CC(NC(=O)C2Sc3nccc4c3C2NC(=O)N4c2ccc(Oc3ccccc3)cc2C)C1. The number of hydrogen-bond donors (Lipinski definition) is 2. The van der Waals surface area contributed by atoms with Gasteiger partial charge in [-0.3, -0.25) is 14.5 Å². The van der Waals surface area contributed by atoms with Crippen molar-refractivity contribution in [3.8, 4) is 11.5 Å². The molecule has 2 atom stereocenters. The molecule has 2 N–H and O–H groups in total. The van der Waals surface area contributed by atoms with Crippen LogP contribution in [0, 0.1) is 6.92 Å². The molecule has 4 heterocycles. The number of hydrogen-bond acceptors (Lipinski definition) is 7. The van der Waals surface area contributed by atoms with Crippen LogP contribution in [-0.4, -0.2) is 65.8 Å². The first-order chi connectivity index (χ1) is 19.4. The van der Waals surface area contributed by atoms with Crippen LogP contribution in [-0.2, 0) is 14.3 Å². The molecule has 40 heavy (non-hydrogen) atoms. The number of benzene rings is 2. The fourth-order valence-electron chi connectivity index (χ4n) is 5.24. The predicted molar refractivity (Wildman–Crippen MR) is 150 cm³/mol. The van der Waals surface area contributed by atoms with E-state index in [2.05, 4.69) is 15.6 Å². The molecule has 206 valence electrons. The molecule has 0 saturated carbocycles. The Hall–Kier alpha value is -4.09. The molecule has 3 aromatic rings. The summed E-state index contributed by atoms with van der Waals surface area (Å²) in [5.74, 6) is 1.23. The number of aryl methyl sites for hydroxylation is 1. The molecule has 3 aliphatic heterocycles. The number of ether oxygens (including phenoxy) is 2. The summed E-state index contributed by atoms with van der Waals surface area (Å²) < 4.78 is 10.9. The maximum atomic E-state index is 13.5. The van der Waals surface area contributed by atoms with E-state index in [0.717, 1.165) is 27.6 Å². The fourth-order valence-corrected chi connectivity index (χ4v) is 6.47. The third kappa shape index (κ3) is 4.86. The van der Waals surface area contributed by atoms with Crippen molar-refractivity contribution in [2.45, 2.75) is 35.7 Å². The van der Waals surface area contributed by atoms with Crippen molar-refractivity contribution in [2.24, 2.45) is 0 Å². The van der Waals surface area contributed by atoms with E-state index >= 15 is 0 Å². The number of aromatic nitrogens is 1. The Balaban J connectivity index is 1.18. The van der Waals surface area contributed by atoms with Crippen molar-refractivity contribution in [3.05, 3.63) is 71.9 Å². The molecule has 3 aliphatic rings. The molecule has 0 aliphatic carbocycles. The lowest BCUT2D eigenvalue weighted by atomic mass is 9.99. The summed E-state index contributed by atoms with van der Waals surface area (Å²) in [6, 6.07) is 16.0. The van der Waals surface area contributed by atoms with Crippen LogP contribution in [0.2, 0.25) is 0 Å². The lowest BCUT2D eigenvalue weighted by Gasteiger charge is -2.40. The second-order valence-corrected chi connectivity index (χ2v) is 11.1. The molecule has 11 heteroatoms. The van der Waals surface area contributed by atoms with Gasteiger partial charge in [0.1, 0.15) is 21.8 Å². The number of nitrogens with one attached hydrogen (secondary N) is 2. The molecule has 0 bridgehead atoms. The van der Waals surface area contributed by atoms with Crippen molar-refractivity contribution >= 4 is 41.0 Å². The zero-order valence-corrected chi connectivity index (χ0v) is 22.9. The number of urea groups is 1. The second-order valence-electron chi connectivity index (χ2n) is 9.96. The van der Waals surface area contributed by atoms with Crippen LogP contribution >= 0.6 is 11.8 Å². The number of carbonyl (C=O) groups is 3. The molecule has 6 rings (SSSR count). The smallest absolute Gasteiger partial charge is 0.327 e. The highest BCUT2D eigenvalue weighted by Crippen LogP contribution is 2.51. The number of thioether (sulfide) groups is 1. The number of rotatable bonds is 8. The van der Waals surface area contributed by atoms with Crippen molar-refractivity contribution in [1.29, 1.82) is 0 Å². The monoisotopic (exact) mass is 559 g/mol. The van der Waals surface area contributed by atoms with Crippen LogP contribution < -0.4 is 20.3 Å². The maximum Gasteiger partial charge on any atom is 0.327 e. The Morgan fingerprint density at radius 2 is 1.90 bits per heavy atom. The van der Waals surface area contributed by atoms with Gasteiger partial charge in [-0.1, -0.05) is 30.0 Å². The molecule has 2 unspecified atom stereocenters.